The average Bonchev–Trinajstić information content (AvgIpc) is 2.29. The van der Waals surface area contributed by atoms with Crippen molar-refractivity contribution in [3.8, 4) is 0 Å². The highest BCUT2D eigenvalue weighted by molar-refractivity contribution is 6.28. The Hall–Kier alpha value is -1.75. The van der Waals surface area contributed by atoms with E-state index >= 15 is 0 Å². The first-order valence-corrected chi connectivity index (χ1v) is 5.39. The number of hydrogen-bond donors (Lipinski definition) is 1. The van der Waals surface area contributed by atoms with Gasteiger partial charge in [-0.3, -0.25) is 4.98 Å². The molecule has 4 nitrogen and oxygen atoms in total. The summed E-state index contributed by atoms with van der Waals surface area (Å²) in [6.07, 6.45) is 2.74. The van der Waals surface area contributed by atoms with E-state index in [0.717, 1.165) is 5.69 Å². The molecular weight excluding hydrogens is 243 g/mol. The second-order valence-electron chi connectivity index (χ2n) is 3.48. The first kappa shape index (κ1) is 11.7. The number of rotatable bonds is 3. The largest absolute Gasteiger partial charge is 0.362 e. The van der Waals surface area contributed by atoms with Crippen LogP contribution >= 0.6 is 11.6 Å². The Morgan fingerprint density at radius 2 is 2.12 bits per heavy atom. The molecule has 1 unspecified atom stereocenters. The van der Waals surface area contributed by atoms with Gasteiger partial charge in [-0.05, 0) is 36.7 Å². The molecule has 0 radical (unpaired) electrons. The Morgan fingerprint density at radius 3 is 2.76 bits per heavy atom. The third-order valence-electron chi connectivity index (χ3n) is 2.18. The number of aromatic nitrogens is 3. The van der Waals surface area contributed by atoms with Gasteiger partial charge in [0.05, 0.1) is 17.9 Å². The van der Waals surface area contributed by atoms with Crippen LogP contribution in [-0.4, -0.2) is 15.0 Å². The summed E-state index contributed by atoms with van der Waals surface area (Å²) in [6, 6.07) is 4.59. The van der Waals surface area contributed by atoms with Crippen LogP contribution in [0.1, 0.15) is 18.7 Å². The topological polar surface area (TPSA) is 50.7 Å². The van der Waals surface area contributed by atoms with E-state index in [1.165, 1.54) is 12.3 Å². The third-order valence-corrected chi connectivity index (χ3v) is 2.37. The van der Waals surface area contributed by atoms with E-state index in [9.17, 15) is 4.39 Å². The van der Waals surface area contributed by atoms with Gasteiger partial charge in [-0.1, -0.05) is 0 Å². The molecule has 0 aliphatic rings. The first-order valence-electron chi connectivity index (χ1n) is 5.01. The molecule has 0 aliphatic heterocycles. The number of pyridine rings is 1. The van der Waals surface area contributed by atoms with Crippen molar-refractivity contribution in [2.75, 3.05) is 5.32 Å². The van der Waals surface area contributed by atoms with Gasteiger partial charge in [-0.15, -0.1) is 0 Å². The lowest BCUT2D eigenvalue weighted by molar-refractivity contribution is 0.617. The number of halogens is 2. The van der Waals surface area contributed by atoms with Gasteiger partial charge in [0.25, 0.3) is 0 Å². The molecule has 0 fully saturated rings. The maximum Gasteiger partial charge on any atom is 0.224 e. The fourth-order valence-corrected chi connectivity index (χ4v) is 1.50. The Kier molecular flexibility index (Phi) is 3.49. The van der Waals surface area contributed by atoms with Crippen LogP contribution in [0.25, 0.3) is 0 Å². The minimum atomic E-state index is -0.356. The minimum Gasteiger partial charge on any atom is -0.362 e. The maximum absolute atomic E-state index is 12.7. The SMILES string of the molecule is CC(Nc1ccnc(Cl)n1)c1ccc(F)cn1. The summed E-state index contributed by atoms with van der Waals surface area (Å²) in [7, 11) is 0. The fraction of sp³-hybridized carbons (Fsp3) is 0.182. The summed E-state index contributed by atoms with van der Waals surface area (Å²) in [5.41, 5.74) is 0.723. The lowest BCUT2D eigenvalue weighted by atomic mass is 10.2. The van der Waals surface area contributed by atoms with Gasteiger partial charge in [0.1, 0.15) is 11.6 Å². The minimum absolute atomic E-state index is 0.0958. The zero-order valence-corrected chi connectivity index (χ0v) is 9.82. The van der Waals surface area contributed by atoms with Crippen LogP contribution in [0.4, 0.5) is 10.2 Å². The maximum atomic E-state index is 12.7. The molecule has 2 rings (SSSR count). The molecule has 6 heteroatoms. The van der Waals surface area contributed by atoms with Crippen LogP contribution in [0.5, 0.6) is 0 Å². The zero-order chi connectivity index (χ0) is 12.3. The van der Waals surface area contributed by atoms with Crippen LogP contribution in [-0.2, 0) is 0 Å². The monoisotopic (exact) mass is 252 g/mol. The average molecular weight is 253 g/mol. The summed E-state index contributed by atoms with van der Waals surface area (Å²) >= 11 is 5.67. The highest BCUT2D eigenvalue weighted by Crippen LogP contribution is 2.16. The van der Waals surface area contributed by atoms with Crippen molar-refractivity contribution in [2.45, 2.75) is 13.0 Å². The lowest BCUT2D eigenvalue weighted by Crippen LogP contribution is -2.09. The van der Waals surface area contributed by atoms with Crippen LogP contribution in [0.15, 0.2) is 30.6 Å². The van der Waals surface area contributed by atoms with Crippen LogP contribution < -0.4 is 5.32 Å². The summed E-state index contributed by atoms with van der Waals surface area (Å²) in [4.78, 5) is 11.8. The second kappa shape index (κ2) is 5.05. The van der Waals surface area contributed by atoms with Gasteiger partial charge < -0.3 is 5.32 Å². The highest BCUT2D eigenvalue weighted by atomic mass is 35.5. The summed E-state index contributed by atoms with van der Waals surface area (Å²) < 4.78 is 12.7. The molecule has 2 aromatic heterocycles. The molecule has 0 aliphatic carbocycles. The molecule has 2 heterocycles. The Balaban J connectivity index is 2.11. The van der Waals surface area contributed by atoms with E-state index in [2.05, 4.69) is 20.3 Å². The molecule has 0 saturated carbocycles. The molecular formula is C11H10ClFN4. The van der Waals surface area contributed by atoms with E-state index in [4.69, 9.17) is 11.6 Å². The molecule has 2 aromatic rings. The predicted octanol–water partition coefficient (Wildman–Crippen LogP) is 2.84. The van der Waals surface area contributed by atoms with Gasteiger partial charge in [-0.25, -0.2) is 14.4 Å². The van der Waals surface area contributed by atoms with Crippen molar-refractivity contribution in [3.05, 3.63) is 47.4 Å². The summed E-state index contributed by atoms with van der Waals surface area (Å²) in [5.74, 6) is 0.245. The molecule has 17 heavy (non-hydrogen) atoms. The highest BCUT2D eigenvalue weighted by Gasteiger charge is 2.07. The Bertz CT molecular complexity index is 503. The molecule has 1 N–H and O–H groups in total. The standard InChI is InChI=1S/C11H10ClFN4/c1-7(9-3-2-8(13)6-15-9)16-10-4-5-14-11(12)17-10/h2-7H,1H3,(H,14,16,17). The number of nitrogens with one attached hydrogen (secondary N) is 1. The zero-order valence-electron chi connectivity index (χ0n) is 9.06. The number of hydrogen-bond acceptors (Lipinski definition) is 4. The smallest absolute Gasteiger partial charge is 0.224 e. The van der Waals surface area contributed by atoms with Crippen LogP contribution in [0.2, 0.25) is 5.28 Å². The van der Waals surface area contributed by atoms with Crippen molar-refractivity contribution in [2.24, 2.45) is 0 Å². The second-order valence-corrected chi connectivity index (χ2v) is 3.82. The quantitative estimate of drug-likeness (QED) is 0.854. The molecule has 0 aromatic carbocycles. The van der Waals surface area contributed by atoms with Gasteiger partial charge in [0.2, 0.25) is 5.28 Å². The van der Waals surface area contributed by atoms with E-state index in [-0.39, 0.29) is 17.1 Å². The predicted molar refractivity (Wildman–Crippen MR) is 63.3 cm³/mol. The van der Waals surface area contributed by atoms with Crippen molar-refractivity contribution in [1.29, 1.82) is 0 Å². The van der Waals surface area contributed by atoms with Gasteiger partial charge in [0.15, 0.2) is 0 Å². The molecule has 0 spiro atoms. The van der Waals surface area contributed by atoms with Crippen molar-refractivity contribution < 1.29 is 4.39 Å². The van der Waals surface area contributed by atoms with E-state index in [0.29, 0.717) is 5.82 Å². The van der Waals surface area contributed by atoms with Gasteiger partial charge in [-0.2, -0.15) is 0 Å². The summed E-state index contributed by atoms with van der Waals surface area (Å²) in [5, 5.41) is 3.27. The van der Waals surface area contributed by atoms with Crippen LogP contribution in [0.3, 0.4) is 0 Å². The summed E-state index contributed by atoms with van der Waals surface area (Å²) in [6.45, 7) is 1.90. The van der Waals surface area contributed by atoms with Crippen LogP contribution in [0, 0.1) is 5.82 Å². The molecule has 0 bridgehead atoms. The fourth-order valence-electron chi connectivity index (χ4n) is 1.35. The first-order chi connectivity index (χ1) is 8.15. The van der Waals surface area contributed by atoms with Crippen molar-refractivity contribution >= 4 is 17.4 Å². The molecule has 0 amide bonds. The normalized spacial score (nSPS) is 12.2. The number of anilines is 1. The van der Waals surface area contributed by atoms with Crippen molar-refractivity contribution in [3.63, 3.8) is 0 Å². The lowest BCUT2D eigenvalue weighted by Gasteiger charge is -2.13. The Labute approximate surface area is 103 Å². The Morgan fingerprint density at radius 1 is 1.29 bits per heavy atom. The van der Waals surface area contributed by atoms with E-state index < -0.39 is 0 Å². The molecule has 0 saturated heterocycles. The van der Waals surface area contributed by atoms with Crippen molar-refractivity contribution in [1.82, 2.24) is 15.0 Å². The van der Waals surface area contributed by atoms with E-state index in [1.54, 1.807) is 18.3 Å². The number of nitrogens with zero attached hydrogens (tertiary/aromatic N) is 3. The molecule has 1 atom stereocenters. The van der Waals surface area contributed by atoms with E-state index in [1.807, 2.05) is 6.92 Å². The van der Waals surface area contributed by atoms with Gasteiger partial charge in [0, 0.05) is 6.20 Å². The molecule has 88 valence electrons. The van der Waals surface area contributed by atoms with Gasteiger partial charge >= 0.3 is 0 Å². The third kappa shape index (κ3) is 3.10.